The molecule has 0 bridgehead atoms. The van der Waals surface area contributed by atoms with E-state index in [1.807, 2.05) is 0 Å². The van der Waals surface area contributed by atoms with E-state index in [2.05, 4.69) is 27.8 Å². The van der Waals surface area contributed by atoms with Crippen LogP contribution in [0.3, 0.4) is 0 Å². The van der Waals surface area contributed by atoms with E-state index in [1.54, 1.807) is 0 Å². The second kappa shape index (κ2) is 9.49. The van der Waals surface area contributed by atoms with Gasteiger partial charge in [-0.1, -0.05) is 22.9 Å². The first-order valence-electron chi connectivity index (χ1n) is 4.74. The number of aliphatic hydroxyl groups excluding tert-OH is 1. The van der Waals surface area contributed by atoms with Crippen molar-refractivity contribution in [1.29, 1.82) is 0 Å². The number of rotatable bonds is 8. The lowest BCUT2D eigenvalue weighted by molar-refractivity contribution is 0.228. The molecule has 0 saturated carbocycles. The van der Waals surface area contributed by atoms with E-state index in [0.717, 1.165) is 24.8 Å². The highest BCUT2D eigenvalue weighted by atomic mass is 79.9. The maximum absolute atomic E-state index is 8.65. The van der Waals surface area contributed by atoms with Gasteiger partial charge in [0.2, 0.25) is 0 Å². The number of hydrogen-bond acceptors (Lipinski definition) is 2. The predicted molar refractivity (Wildman–Crippen MR) is 56.8 cm³/mol. The van der Waals surface area contributed by atoms with Crippen LogP contribution >= 0.6 is 15.9 Å². The zero-order valence-electron chi connectivity index (χ0n) is 7.93. The van der Waals surface area contributed by atoms with Crippen molar-refractivity contribution in [3.63, 3.8) is 0 Å². The van der Waals surface area contributed by atoms with Crippen LogP contribution in [-0.2, 0) is 0 Å². The number of halogens is 1. The number of nitrogens with zero attached hydrogens (tertiary/aromatic N) is 1. The normalized spacial score (nSPS) is 11.0. The molecule has 0 aliphatic rings. The average molecular weight is 238 g/mol. The Morgan fingerprint density at radius 3 is 2.33 bits per heavy atom. The topological polar surface area (TPSA) is 23.5 Å². The Balaban J connectivity index is 3.26. The van der Waals surface area contributed by atoms with Crippen molar-refractivity contribution in [1.82, 2.24) is 4.90 Å². The van der Waals surface area contributed by atoms with Gasteiger partial charge in [0.1, 0.15) is 0 Å². The van der Waals surface area contributed by atoms with Gasteiger partial charge in [0, 0.05) is 18.5 Å². The maximum atomic E-state index is 8.65. The number of aliphatic hydroxyl groups is 1. The predicted octanol–water partition coefficient (Wildman–Crippen LogP) is 1.87. The first-order chi connectivity index (χ1) is 5.85. The number of alkyl halides is 1. The molecule has 12 heavy (non-hydrogen) atoms. The molecule has 0 atom stereocenters. The lowest BCUT2D eigenvalue weighted by Crippen LogP contribution is -2.26. The second-order valence-electron chi connectivity index (χ2n) is 2.91. The Bertz CT molecular complexity index is 90.6. The summed E-state index contributed by atoms with van der Waals surface area (Å²) in [5.74, 6) is 0. The zero-order chi connectivity index (χ0) is 9.23. The summed E-state index contributed by atoms with van der Waals surface area (Å²) in [6, 6.07) is 0. The maximum Gasteiger partial charge on any atom is 0.0443 e. The molecule has 0 heterocycles. The highest BCUT2D eigenvalue weighted by molar-refractivity contribution is 9.09. The van der Waals surface area contributed by atoms with Crippen LogP contribution < -0.4 is 0 Å². The molecule has 0 aliphatic heterocycles. The lowest BCUT2D eigenvalue weighted by Gasteiger charge is -2.19. The van der Waals surface area contributed by atoms with Crippen LogP contribution in [-0.4, -0.2) is 41.6 Å². The van der Waals surface area contributed by atoms with E-state index < -0.39 is 0 Å². The van der Waals surface area contributed by atoms with Crippen LogP contribution in [0.5, 0.6) is 0 Å². The largest absolute Gasteiger partial charge is 0.396 e. The van der Waals surface area contributed by atoms with Crippen LogP contribution in [0.2, 0.25) is 0 Å². The Hall–Kier alpha value is 0.400. The molecular weight excluding hydrogens is 218 g/mol. The summed E-state index contributed by atoms with van der Waals surface area (Å²) < 4.78 is 0. The van der Waals surface area contributed by atoms with Gasteiger partial charge in [-0.2, -0.15) is 0 Å². The van der Waals surface area contributed by atoms with Crippen LogP contribution in [0, 0.1) is 0 Å². The molecule has 0 aromatic rings. The van der Waals surface area contributed by atoms with Gasteiger partial charge in [0.15, 0.2) is 0 Å². The molecular formula is C9H20BrNO. The van der Waals surface area contributed by atoms with Crippen molar-refractivity contribution >= 4 is 15.9 Å². The Labute approximate surface area is 84.1 Å². The van der Waals surface area contributed by atoms with Crippen LogP contribution in [0.25, 0.3) is 0 Å². The second-order valence-corrected chi connectivity index (χ2v) is 3.70. The lowest BCUT2D eigenvalue weighted by atomic mass is 10.3. The van der Waals surface area contributed by atoms with Gasteiger partial charge in [-0.05, 0) is 32.4 Å². The zero-order valence-corrected chi connectivity index (χ0v) is 9.52. The molecule has 1 N–H and O–H groups in total. The Kier molecular flexibility index (Phi) is 9.80. The van der Waals surface area contributed by atoms with Gasteiger partial charge in [-0.25, -0.2) is 0 Å². The van der Waals surface area contributed by atoms with Crippen LogP contribution in [0.15, 0.2) is 0 Å². The SMILES string of the molecule is CCN(CCCO)CCCCBr. The fourth-order valence-electron chi connectivity index (χ4n) is 1.15. The van der Waals surface area contributed by atoms with Crippen molar-refractivity contribution < 1.29 is 5.11 Å². The van der Waals surface area contributed by atoms with E-state index in [9.17, 15) is 0 Å². The van der Waals surface area contributed by atoms with Crippen LogP contribution in [0.4, 0.5) is 0 Å². The van der Waals surface area contributed by atoms with E-state index in [1.165, 1.54) is 19.4 Å². The number of unbranched alkanes of at least 4 members (excludes halogenated alkanes) is 1. The molecule has 0 saturated heterocycles. The monoisotopic (exact) mass is 237 g/mol. The van der Waals surface area contributed by atoms with Crippen molar-refractivity contribution in [2.75, 3.05) is 31.6 Å². The molecule has 0 fully saturated rings. The van der Waals surface area contributed by atoms with Crippen molar-refractivity contribution in [3.05, 3.63) is 0 Å². The molecule has 0 radical (unpaired) electrons. The van der Waals surface area contributed by atoms with Gasteiger partial charge in [0.05, 0.1) is 0 Å². The van der Waals surface area contributed by atoms with Gasteiger partial charge < -0.3 is 10.0 Å². The summed E-state index contributed by atoms with van der Waals surface area (Å²) in [4.78, 5) is 2.39. The summed E-state index contributed by atoms with van der Waals surface area (Å²) in [7, 11) is 0. The molecule has 0 amide bonds. The minimum Gasteiger partial charge on any atom is -0.396 e. The van der Waals surface area contributed by atoms with E-state index in [0.29, 0.717) is 6.61 Å². The highest BCUT2D eigenvalue weighted by Gasteiger charge is 1.99. The molecule has 0 aromatic heterocycles. The van der Waals surface area contributed by atoms with Crippen molar-refractivity contribution in [3.8, 4) is 0 Å². The molecule has 2 nitrogen and oxygen atoms in total. The summed E-state index contributed by atoms with van der Waals surface area (Å²) in [6.45, 7) is 5.79. The van der Waals surface area contributed by atoms with E-state index in [-0.39, 0.29) is 0 Å². The Morgan fingerprint density at radius 2 is 1.83 bits per heavy atom. The highest BCUT2D eigenvalue weighted by Crippen LogP contribution is 1.98. The summed E-state index contributed by atoms with van der Waals surface area (Å²) in [6.07, 6.45) is 3.41. The minimum atomic E-state index is 0.314. The Morgan fingerprint density at radius 1 is 1.17 bits per heavy atom. The smallest absolute Gasteiger partial charge is 0.0443 e. The van der Waals surface area contributed by atoms with Crippen molar-refractivity contribution in [2.24, 2.45) is 0 Å². The van der Waals surface area contributed by atoms with Crippen LogP contribution in [0.1, 0.15) is 26.2 Å². The standard InChI is InChI=1S/C9H20BrNO/c1-2-11(8-5-9-12)7-4-3-6-10/h12H,2-9H2,1H3. The van der Waals surface area contributed by atoms with Crippen molar-refractivity contribution in [2.45, 2.75) is 26.2 Å². The minimum absolute atomic E-state index is 0.314. The first-order valence-corrected chi connectivity index (χ1v) is 5.86. The summed E-state index contributed by atoms with van der Waals surface area (Å²) in [5, 5.41) is 9.75. The third-order valence-electron chi connectivity index (χ3n) is 1.94. The summed E-state index contributed by atoms with van der Waals surface area (Å²) >= 11 is 3.42. The molecule has 0 unspecified atom stereocenters. The fourth-order valence-corrected chi connectivity index (χ4v) is 1.55. The van der Waals surface area contributed by atoms with E-state index >= 15 is 0 Å². The van der Waals surface area contributed by atoms with E-state index in [4.69, 9.17) is 5.11 Å². The quantitative estimate of drug-likeness (QED) is 0.515. The van der Waals surface area contributed by atoms with Gasteiger partial charge in [-0.15, -0.1) is 0 Å². The first kappa shape index (κ1) is 12.4. The van der Waals surface area contributed by atoms with Gasteiger partial charge in [0.25, 0.3) is 0 Å². The summed E-state index contributed by atoms with van der Waals surface area (Å²) in [5.41, 5.74) is 0. The molecule has 74 valence electrons. The fraction of sp³-hybridized carbons (Fsp3) is 1.00. The molecule has 0 spiro atoms. The average Bonchev–Trinajstić information content (AvgIpc) is 2.11. The van der Waals surface area contributed by atoms with Gasteiger partial charge >= 0.3 is 0 Å². The third kappa shape index (κ3) is 7.07. The molecule has 0 aliphatic carbocycles. The molecule has 0 rings (SSSR count). The third-order valence-corrected chi connectivity index (χ3v) is 2.50. The molecule has 0 aromatic carbocycles. The molecule has 3 heteroatoms. The number of hydrogen-bond donors (Lipinski definition) is 1. The van der Waals surface area contributed by atoms with Gasteiger partial charge in [-0.3, -0.25) is 0 Å².